The van der Waals surface area contributed by atoms with E-state index in [1.807, 2.05) is 0 Å². The second kappa shape index (κ2) is 2.68. The molecule has 0 atom stereocenters. The molecule has 0 fully saturated rings. The van der Waals surface area contributed by atoms with Crippen molar-refractivity contribution in [2.75, 3.05) is 0 Å². The molecule has 1 radical (unpaired) electrons. The zero-order chi connectivity index (χ0) is 10.3. The molecule has 7 heteroatoms. The normalized spacial score (nSPS) is 18.0. The van der Waals surface area contributed by atoms with Gasteiger partial charge >= 0.3 is 12.1 Å². The second-order valence-electron chi connectivity index (χ2n) is 2.45. The summed E-state index contributed by atoms with van der Waals surface area (Å²) in [5, 5.41) is 2.97. The van der Waals surface area contributed by atoms with E-state index in [2.05, 4.69) is 10.5 Å². The number of rotatable bonds is 1. The van der Waals surface area contributed by atoms with Crippen molar-refractivity contribution in [1.29, 1.82) is 0 Å². The lowest BCUT2D eigenvalue weighted by Gasteiger charge is -2.19. The minimum Gasteiger partial charge on any atom is -0.189 e. The summed E-state index contributed by atoms with van der Waals surface area (Å²) in [7, 11) is 0. The molecule has 0 spiro atoms. The summed E-state index contributed by atoms with van der Waals surface area (Å²) >= 11 is 0. The molecule has 2 nitrogen and oxygen atoms in total. The second-order valence-corrected chi connectivity index (χ2v) is 2.45. The third-order valence-corrected chi connectivity index (χ3v) is 1.44. The molecular weight excluding hydrogens is 195 g/mol. The molecule has 0 saturated carbocycles. The van der Waals surface area contributed by atoms with E-state index >= 15 is 0 Å². The lowest BCUT2D eigenvalue weighted by molar-refractivity contribution is -0.266. The van der Waals surface area contributed by atoms with Crippen LogP contribution in [0.15, 0.2) is 16.4 Å². The van der Waals surface area contributed by atoms with Crippen LogP contribution in [0, 0.1) is 0 Å². The molecule has 13 heavy (non-hydrogen) atoms. The molecule has 1 rings (SSSR count). The predicted molar refractivity (Wildman–Crippen MR) is 34.3 cm³/mol. The number of hydrogen-bond acceptors (Lipinski definition) is 1. The molecule has 0 amide bonds. The van der Waals surface area contributed by atoms with Crippen molar-refractivity contribution < 1.29 is 22.0 Å². The smallest absolute Gasteiger partial charge is 0.189 e. The number of nitrogens with zero attached hydrogens (tertiary/aromatic N) is 2. The van der Waals surface area contributed by atoms with Gasteiger partial charge in [-0.15, -0.1) is 5.43 Å². The molecule has 1 aliphatic heterocycles. The fraction of sp³-hybridized carbons (Fsp3) is 0.500. The largest absolute Gasteiger partial charge is 0.459 e. The quantitative estimate of drug-likeness (QED) is 0.578. The zero-order valence-electron chi connectivity index (χ0n) is 6.36. The van der Waals surface area contributed by atoms with Crippen LogP contribution in [-0.2, 0) is 0 Å². The standard InChI is InChI=1S/C6H4F5N2/c1-3-2-12-13-4(3)5(7,8)6(9,10)11/h2H,1H3. The van der Waals surface area contributed by atoms with Gasteiger partial charge in [-0.3, -0.25) is 0 Å². The first kappa shape index (κ1) is 9.94. The fourth-order valence-corrected chi connectivity index (χ4v) is 0.758. The highest BCUT2D eigenvalue weighted by molar-refractivity contribution is 5.81. The predicted octanol–water partition coefficient (Wildman–Crippen LogP) is 2.06. The lowest BCUT2D eigenvalue weighted by atomic mass is 10.1. The van der Waals surface area contributed by atoms with Crippen molar-refractivity contribution in [3.8, 4) is 0 Å². The number of alkyl halides is 5. The highest BCUT2D eigenvalue weighted by Gasteiger charge is 2.62. The molecule has 0 unspecified atom stereocenters. The van der Waals surface area contributed by atoms with E-state index < -0.39 is 17.8 Å². The van der Waals surface area contributed by atoms with E-state index in [0.717, 1.165) is 13.1 Å². The first-order valence-electron chi connectivity index (χ1n) is 3.17. The number of allylic oxidation sites excluding steroid dienone is 2. The molecule has 0 aliphatic carbocycles. The Labute approximate surface area is 70.1 Å². The molecule has 73 valence electrons. The minimum absolute atomic E-state index is 0.276. The van der Waals surface area contributed by atoms with Crippen LogP contribution in [0.25, 0.3) is 0 Å². The molecule has 1 heterocycles. The summed E-state index contributed by atoms with van der Waals surface area (Å²) in [5.41, 5.74) is 1.12. The Morgan fingerprint density at radius 1 is 1.15 bits per heavy atom. The van der Waals surface area contributed by atoms with Gasteiger partial charge in [0.1, 0.15) is 5.70 Å². The Morgan fingerprint density at radius 3 is 2.00 bits per heavy atom. The summed E-state index contributed by atoms with van der Waals surface area (Å²) in [6, 6.07) is 0. The van der Waals surface area contributed by atoms with Crippen molar-refractivity contribution >= 4 is 6.21 Å². The van der Waals surface area contributed by atoms with Crippen molar-refractivity contribution in [2.24, 2.45) is 5.10 Å². The average molecular weight is 199 g/mol. The molecule has 0 N–H and O–H groups in total. The van der Waals surface area contributed by atoms with Gasteiger partial charge in [0.25, 0.3) is 0 Å². The van der Waals surface area contributed by atoms with Crippen LogP contribution < -0.4 is 5.43 Å². The van der Waals surface area contributed by atoms with Gasteiger partial charge in [-0.2, -0.15) is 27.1 Å². The number of halogens is 5. The van der Waals surface area contributed by atoms with Crippen LogP contribution >= 0.6 is 0 Å². The highest BCUT2D eigenvalue weighted by atomic mass is 19.4. The summed E-state index contributed by atoms with van der Waals surface area (Å²) in [6.45, 7) is 1.09. The molecule has 1 aliphatic rings. The topological polar surface area (TPSA) is 26.5 Å². The first-order valence-corrected chi connectivity index (χ1v) is 3.17. The maximum atomic E-state index is 12.5. The first-order chi connectivity index (χ1) is 5.77. The van der Waals surface area contributed by atoms with Crippen LogP contribution in [0.5, 0.6) is 0 Å². The molecular formula is C6H4F5N2. The Balaban J connectivity index is 3.02. The van der Waals surface area contributed by atoms with E-state index in [0.29, 0.717) is 0 Å². The van der Waals surface area contributed by atoms with E-state index in [-0.39, 0.29) is 5.57 Å². The third kappa shape index (κ3) is 1.50. The van der Waals surface area contributed by atoms with Crippen LogP contribution in [0.4, 0.5) is 22.0 Å². The maximum Gasteiger partial charge on any atom is 0.459 e. The minimum atomic E-state index is -5.62. The van der Waals surface area contributed by atoms with Crippen molar-refractivity contribution in [3.63, 3.8) is 0 Å². The fourth-order valence-electron chi connectivity index (χ4n) is 0.758. The van der Waals surface area contributed by atoms with Crippen molar-refractivity contribution in [1.82, 2.24) is 5.43 Å². The van der Waals surface area contributed by atoms with Gasteiger partial charge in [0.05, 0.1) is 6.21 Å². The van der Waals surface area contributed by atoms with Crippen LogP contribution in [0.1, 0.15) is 6.92 Å². The SMILES string of the molecule is CC1=C(C(F)(F)C(F)(F)F)[N]N=C1. The van der Waals surface area contributed by atoms with E-state index in [1.165, 1.54) is 0 Å². The van der Waals surface area contributed by atoms with E-state index in [1.54, 1.807) is 0 Å². The van der Waals surface area contributed by atoms with Gasteiger partial charge in [0, 0.05) is 0 Å². The van der Waals surface area contributed by atoms with Crippen molar-refractivity contribution in [3.05, 3.63) is 11.3 Å². The lowest BCUT2D eigenvalue weighted by Crippen LogP contribution is -2.40. The Kier molecular flexibility index (Phi) is 2.05. The summed E-state index contributed by atoms with van der Waals surface area (Å²) < 4.78 is 60.3. The van der Waals surface area contributed by atoms with Gasteiger partial charge in [0.15, 0.2) is 0 Å². The Bertz CT molecular complexity index is 275. The van der Waals surface area contributed by atoms with E-state index in [4.69, 9.17) is 0 Å². The Hall–Kier alpha value is -1.14. The molecule has 0 bridgehead atoms. The molecule has 0 aromatic rings. The van der Waals surface area contributed by atoms with Crippen molar-refractivity contribution in [2.45, 2.75) is 19.0 Å². The highest BCUT2D eigenvalue weighted by Crippen LogP contribution is 2.42. The van der Waals surface area contributed by atoms with Gasteiger partial charge < -0.3 is 0 Å². The van der Waals surface area contributed by atoms with Crippen LogP contribution in [0.2, 0.25) is 0 Å². The van der Waals surface area contributed by atoms with Crippen LogP contribution in [-0.4, -0.2) is 18.3 Å². The molecule has 0 aromatic carbocycles. The van der Waals surface area contributed by atoms with Crippen LogP contribution in [0.3, 0.4) is 0 Å². The zero-order valence-corrected chi connectivity index (χ0v) is 6.36. The van der Waals surface area contributed by atoms with Gasteiger partial charge in [-0.05, 0) is 12.5 Å². The average Bonchev–Trinajstić information content (AvgIpc) is 2.32. The summed E-state index contributed by atoms with van der Waals surface area (Å²) in [6.07, 6.45) is -4.77. The number of hydrogen-bond donors (Lipinski definition) is 0. The van der Waals surface area contributed by atoms with Gasteiger partial charge in [-0.25, -0.2) is 0 Å². The van der Waals surface area contributed by atoms with Gasteiger partial charge in [0.2, 0.25) is 0 Å². The maximum absolute atomic E-state index is 12.5. The van der Waals surface area contributed by atoms with E-state index in [9.17, 15) is 22.0 Å². The van der Waals surface area contributed by atoms with Gasteiger partial charge in [-0.1, -0.05) is 0 Å². The summed E-state index contributed by atoms with van der Waals surface area (Å²) in [4.78, 5) is 0. The summed E-state index contributed by atoms with van der Waals surface area (Å²) in [5.74, 6) is -4.92. The third-order valence-electron chi connectivity index (χ3n) is 1.44. The Morgan fingerprint density at radius 2 is 1.69 bits per heavy atom. The molecule has 0 saturated heterocycles. The monoisotopic (exact) mass is 199 g/mol. The molecule has 0 aromatic heterocycles.